The summed E-state index contributed by atoms with van der Waals surface area (Å²) in [7, 11) is 1.59. The molecule has 120 valence electrons. The third-order valence-corrected chi connectivity index (χ3v) is 3.82. The first-order valence-electron chi connectivity index (χ1n) is 7.82. The molecule has 6 heteroatoms. The van der Waals surface area contributed by atoms with E-state index in [-0.39, 0.29) is 23.1 Å². The summed E-state index contributed by atoms with van der Waals surface area (Å²) in [4.78, 5) is 38.1. The number of rotatable bonds is 4. The number of pyridine rings is 1. The number of aryl methyl sites for hydroxylation is 1. The van der Waals surface area contributed by atoms with Gasteiger partial charge in [0.25, 0.3) is 11.5 Å². The van der Waals surface area contributed by atoms with E-state index in [9.17, 15) is 14.4 Å². The maximum atomic E-state index is 12.5. The van der Waals surface area contributed by atoms with E-state index < -0.39 is 0 Å². The smallest absolute Gasteiger partial charge is 0.274 e. The highest BCUT2D eigenvalue weighted by molar-refractivity contribution is 5.96. The molecule has 1 N–H and O–H groups in total. The first-order chi connectivity index (χ1) is 10.5. The van der Waals surface area contributed by atoms with Crippen molar-refractivity contribution in [1.82, 2.24) is 9.47 Å². The Balaban J connectivity index is 2.25. The summed E-state index contributed by atoms with van der Waals surface area (Å²) >= 11 is 0. The molecule has 1 aliphatic rings. The average Bonchev–Trinajstić information content (AvgIpc) is 2.52. The lowest BCUT2D eigenvalue weighted by atomic mass is 10.1. The Bertz CT molecular complexity index is 616. The molecule has 1 aromatic rings. The third kappa shape index (κ3) is 3.75. The minimum atomic E-state index is -0.306. The van der Waals surface area contributed by atoms with Crippen LogP contribution in [0.2, 0.25) is 0 Å². The number of amides is 2. The van der Waals surface area contributed by atoms with E-state index in [1.165, 1.54) is 16.8 Å². The molecule has 1 aliphatic heterocycles. The van der Waals surface area contributed by atoms with Gasteiger partial charge >= 0.3 is 0 Å². The summed E-state index contributed by atoms with van der Waals surface area (Å²) in [6, 6.07) is 1.49. The minimum absolute atomic E-state index is 0.0821. The van der Waals surface area contributed by atoms with Gasteiger partial charge in [0.15, 0.2) is 0 Å². The quantitative estimate of drug-likeness (QED) is 0.921. The molecule has 0 saturated carbocycles. The Hall–Kier alpha value is -2.11. The number of aromatic nitrogens is 1. The zero-order valence-electron chi connectivity index (χ0n) is 13.2. The summed E-state index contributed by atoms with van der Waals surface area (Å²) < 4.78 is 1.35. The molecular weight excluding hydrogens is 282 g/mol. The van der Waals surface area contributed by atoms with E-state index in [1.807, 2.05) is 6.92 Å². The van der Waals surface area contributed by atoms with E-state index >= 15 is 0 Å². The molecule has 0 aromatic carbocycles. The maximum Gasteiger partial charge on any atom is 0.274 e. The van der Waals surface area contributed by atoms with Crippen molar-refractivity contribution in [2.75, 3.05) is 18.4 Å². The number of nitrogens with one attached hydrogen (secondary N) is 1. The van der Waals surface area contributed by atoms with Gasteiger partial charge in [-0.2, -0.15) is 0 Å². The highest BCUT2D eigenvalue weighted by Crippen LogP contribution is 2.14. The van der Waals surface area contributed by atoms with Crippen molar-refractivity contribution in [3.05, 3.63) is 28.2 Å². The monoisotopic (exact) mass is 305 g/mol. The Morgan fingerprint density at radius 2 is 1.91 bits per heavy atom. The number of anilines is 1. The molecular formula is C16H23N3O3. The Morgan fingerprint density at radius 3 is 2.55 bits per heavy atom. The van der Waals surface area contributed by atoms with Crippen molar-refractivity contribution in [2.45, 2.75) is 39.0 Å². The first-order valence-corrected chi connectivity index (χ1v) is 7.82. The second kappa shape index (κ2) is 7.24. The van der Waals surface area contributed by atoms with Gasteiger partial charge in [-0.1, -0.05) is 6.92 Å². The summed E-state index contributed by atoms with van der Waals surface area (Å²) in [5, 5.41) is 2.61. The van der Waals surface area contributed by atoms with Gasteiger partial charge < -0.3 is 14.8 Å². The Morgan fingerprint density at radius 1 is 1.23 bits per heavy atom. The SMILES string of the molecule is CCCC(=O)Nc1cc(C(=O)N2CCCCC2)cn(C)c1=O. The zero-order valence-corrected chi connectivity index (χ0v) is 13.2. The van der Waals surface area contributed by atoms with E-state index in [2.05, 4.69) is 5.32 Å². The minimum Gasteiger partial charge on any atom is -0.339 e. The van der Waals surface area contributed by atoms with Crippen LogP contribution in [0.25, 0.3) is 0 Å². The van der Waals surface area contributed by atoms with Crippen molar-refractivity contribution < 1.29 is 9.59 Å². The van der Waals surface area contributed by atoms with Crippen molar-refractivity contribution in [1.29, 1.82) is 0 Å². The Kier molecular flexibility index (Phi) is 5.35. The van der Waals surface area contributed by atoms with Gasteiger partial charge in [-0.15, -0.1) is 0 Å². The lowest BCUT2D eigenvalue weighted by Gasteiger charge is -2.27. The summed E-state index contributed by atoms with van der Waals surface area (Å²) in [5.74, 6) is -0.288. The number of carbonyl (C=O) groups excluding carboxylic acids is 2. The maximum absolute atomic E-state index is 12.5. The van der Waals surface area contributed by atoms with E-state index in [0.29, 0.717) is 18.4 Å². The highest BCUT2D eigenvalue weighted by atomic mass is 16.2. The topological polar surface area (TPSA) is 71.4 Å². The van der Waals surface area contributed by atoms with Crippen LogP contribution in [0.3, 0.4) is 0 Å². The summed E-state index contributed by atoms with van der Waals surface area (Å²) in [6.07, 6.45) is 5.77. The zero-order chi connectivity index (χ0) is 16.1. The lowest BCUT2D eigenvalue weighted by Crippen LogP contribution is -2.36. The largest absolute Gasteiger partial charge is 0.339 e. The number of carbonyl (C=O) groups is 2. The fraction of sp³-hybridized carbons (Fsp3) is 0.562. The van der Waals surface area contributed by atoms with Gasteiger partial charge in [0, 0.05) is 32.8 Å². The first kappa shape index (κ1) is 16.3. The number of piperidine rings is 1. The van der Waals surface area contributed by atoms with Crippen LogP contribution in [0.1, 0.15) is 49.4 Å². The fourth-order valence-electron chi connectivity index (χ4n) is 2.64. The molecule has 22 heavy (non-hydrogen) atoms. The molecule has 1 saturated heterocycles. The van der Waals surface area contributed by atoms with E-state index in [4.69, 9.17) is 0 Å². The van der Waals surface area contributed by atoms with Gasteiger partial charge in [0.05, 0.1) is 5.56 Å². The van der Waals surface area contributed by atoms with Gasteiger partial charge in [-0.05, 0) is 31.7 Å². The lowest BCUT2D eigenvalue weighted by molar-refractivity contribution is -0.116. The van der Waals surface area contributed by atoms with Crippen LogP contribution in [0.15, 0.2) is 17.1 Å². The second-order valence-corrected chi connectivity index (χ2v) is 5.71. The standard InChI is InChI=1S/C16H23N3O3/c1-3-7-14(20)17-13-10-12(11-18(2)16(13)22)15(21)19-8-5-4-6-9-19/h10-11H,3-9H2,1-2H3,(H,17,20). The molecule has 0 radical (unpaired) electrons. The van der Waals surface area contributed by atoms with Crippen LogP contribution in [0.4, 0.5) is 5.69 Å². The molecule has 0 spiro atoms. The van der Waals surface area contributed by atoms with E-state index in [1.54, 1.807) is 11.9 Å². The Labute approximate surface area is 130 Å². The molecule has 0 aliphatic carbocycles. The molecule has 2 heterocycles. The highest BCUT2D eigenvalue weighted by Gasteiger charge is 2.20. The van der Waals surface area contributed by atoms with E-state index in [0.717, 1.165) is 32.4 Å². The van der Waals surface area contributed by atoms with Crippen LogP contribution < -0.4 is 10.9 Å². The van der Waals surface area contributed by atoms with Crippen LogP contribution in [0, 0.1) is 0 Å². The molecule has 2 amide bonds. The van der Waals surface area contributed by atoms with Crippen molar-refractivity contribution in [2.24, 2.45) is 7.05 Å². The average molecular weight is 305 g/mol. The number of likely N-dealkylation sites (tertiary alicyclic amines) is 1. The molecule has 6 nitrogen and oxygen atoms in total. The third-order valence-electron chi connectivity index (χ3n) is 3.82. The molecule has 0 bridgehead atoms. The molecule has 0 atom stereocenters. The predicted octanol–water partition coefficient (Wildman–Crippen LogP) is 1.75. The summed E-state index contributed by atoms with van der Waals surface area (Å²) in [5.41, 5.74) is 0.305. The number of hydrogen-bond donors (Lipinski definition) is 1. The molecule has 0 unspecified atom stereocenters. The van der Waals surface area contributed by atoms with Crippen LogP contribution in [0.5, 0.6) is 0 Å². The molecule has 2 rings (SSSR count). The fourth-order valence-corrected chi connectivity index (χ4v) is 2.64. The molecule has 1 fully saturated rings. The number of nitrogens with zero attached hydrogens (tertiary/aromatic N) is 2. The predicted molar refractivity (Wildman–Crippen MR) is 85.0 cm³/mol. The second-order valence-electron chi connectivity index (χ2n) is 5.71. The van der Waals surface area contributed by atoms with Crippen LogP contribution >= 0.6 is 0 Å². The van der Waals surface area contributed by atoms with Crippen molar-refractivity contribution >= 4 is 17.5 Å². The van der Waals surface area contributed by atoms with Crippen molar-refractivity contribution in [3.8, 4) is 0 Å². The van der Waals surface area contributed by atoms with Gasteiger partial charge in [-0.25, -0.2) is 0 Å². The number of hydrogen-bond acceptors (Lipinski definition) is 3. The van der Waals surface area contributed by atoms with Crippen LogP contribution in [-0.4, -0.2) is 34.4 Å². The van der Waals surface area contributed by atoms with Crippen LogP contribution in [-0.2, 0) is 11.8 Å². The summed E-state index contributed by atoms with van der Waals surface area (Å²) in [6.45, 7) is 3.40. The van der Waals surface area contributed by atoms with Crippen molar-refractivity contribution in [3.63, 3.8) is 0 Å². The van der Waals surface area contributed by atoms with Gasteiger partial charge in [-0.3, -0.25) is 14.4 Å². The van der Waals surface area contributed by atoms with Gasteiger partial charge in [0.2, 0.25) is 5.91 Å². The normalized spacial score (nSPS) is 14.7. The molecule has 1 aromatic heterocycles. The van der Waals surface area contributed by atoms with Gasteiger partial charge in [0.1, 0.15) is 5.69 Å².